The summed E-state index contributed by atoms with van der Waals surface area (Å²) < 4.78 is 36.8. The van der Waals surface area contributed by atoms with Gasteiger partial charge in [-0.15, -0.1) is 11.6 Å². The summed E-state index contributed by atoms with van der Waals surface area (Å²) in [6.45, 7) is 1.34. The van der Waals surface area contributed by atoms with Crippen LogP contribution < -0.4 is 10.1 Å². The molecule has 0 spiro atoms. The molecule has 7 nitrogen and oxygen atoms in total. The normalized spacial score (nSPS) is 16.3. The lowest BCUT2D eigenvalue weighted by Gasteiger charge is -2.26. The van der Waals surface area contributed by atoms with Gasteiger partial charge in [-0.3, -0.25) is 4.79 Å². The summed E-state index contributed by atoms with van der Waals surface area (Å²) in [7, 11) is -2.21. The summed E-state index contributed by atoms with van der Waals surface area (Å²) in [5.74, 6) is -0.316. The van der Waals surface area contributed by atoms with Gasteiger partial charge in [-0.05, 0) is 18.2 Å². The number of anilines is 1. The van der Waals surface area contributed by atoms with E-state index in [4.69, 9.17) is 21.1 Å². The number of hydrogen-bond acceptors (Lipinski definition) is 5. The highest BCUT2D eigenvalue weighted by atomic mass is 35.5. The van der Waals surface area contributed by atoms with Gasteiger partial charge >= 0.3 is 0 Å². The number of nitrogens with one attached hydrogen (secondary N) is 1. The molecule has 1 heterocycles. The maximum atomic E-state index is 12.6. The number of rotatable bonds is 5. The fraction of sp³-hybridized carbons (Fsp3) is 0.462. The maximum absolute atomic E-state index is 12.6. The van der Waals surface area contributed by atoms with E-state index in [9.17, 15) is 13.2 Å². The van der Waals surface area contributed by atoms with Crippen LogP contribution in [0.25, 0.3) is 0 Å². The lowest BCUT2D eigenvalue weighted by Crippen LogP contribution is -2.40. The molecule has 1 aromatic rings. The molecule has 2 rings (SSSR count). The summed E-state index contributed by atoms with van der Waals surface area (Å²) in [4.78, 5) is 11.5. The maximum Gasteiger partial charge on any atom is 0.243 e. The van der Waals surface area contributed by atoms with Gasteiger partial charge in [0.1, 0.15) is 11.6 Å². The number of alkyl halides is 1. The molecule has 0 unspecified atom stereocenters. The molecule has 1 N–H and O–H groups in total. The van der Waals surface area contributed by atoms with Crippen molar-refractivity contribution >= 4 is 33.2 Å². The molecule has 0 aliphatic carbocycles. The molecule has 0 saturated carbocycles. The van der Waals surface area contributed by atoms with Gasteiger partial charge in [0.2, 0.25) is 15.9 Å². The van der Waals surface area contributed by atoms with Gasteiger partial charge in [0.05, 0.1) is 30.9 Å². The SMILES string of the molecule is COc1ccc(S(=O)(=O)N2CCOCC2)cc1NC(=O)CCl. The van der Waals surface area contributed by atoms with Crippen LogP contribution in [0.5, 0.6) is 5.75 Å². The van der Waals surface area contributed by atoms with E-state index in [0.29, 0.717) is 32.1 Å². The summed E-state index contributed by atoms with van der Waals surface area (Å²) in [5.41, 5.74) is 0.266. The number of morpholine rings is 1. The molecule has 0 radical (unpaired) electrons. The van der Waals surface area contributed by atoms with Gasteiger partial charge in [0.15, 0.2) is 0 Å². The molecule has 22 heavy (non-hydrogen) atoms. The summed E-state index contributed by atoms with van der Waals surface area (Å²) in [5, 5.41) is 2.52. The Morgan fingerprint density at radius 2 is 2.09 bits per heavy atom. The smallest absolute Gasteiger partial charge is 0.243 e. The molecule has 0 atom stereocenters. The van der Waals surface area contributed by atoms with E-state index in [2.05, 4.69) is 5.32 Å². The fourth-order valence-electron chi connectivity index (χ4n) is 2.06. The highest BCUT2D eigenvalue weighted by Gasteiger charge is 2.27. The Morgan fingerprint density at radius 3 is 2.68 bits per heavy atom. The molecule has 9 heteroatoms. The van der Waals surface area contributed by atoms with E-state index in [1.165, 1.54) is 29.6 Å². The summed E-state index contributed by atoms with van der Waals surface area (Å²) >= 11 is 5.46. The van der Waals surface area contributed by atoms with Crippen molar-refractivity contribution < 1.29 is 22.7 Å². The monoisotopic (exact) mass is 348 g/mol. The Balaban J connectivity index is 2.34. The minimum Gasteiger partial charge on any atom is -0.495 e. The second-order valence-electron chi connectivity index (χ2n) is 4.56. The molecule has 0 aromatic heterocycles. The molecular weight excluding hydrogens is 332 g/mol. The van der Waals surface area contributed by atoms with Gasteiger partial charge in [0, 0.05) is 13.1 Å². The molecule has 1 aliphatic rings. The fourth-order valence-corrected chi connectivity index (χ4v) is 3.57. The third-order valence-corrected chi connectivity index (χ3v) is 5.31. The standard InChI is InChI=1S/C13H17ClN2O5S/c1-20-12-3-2-10(8-11(12)15-13(17)9-14)22(18,19)16-4-6-21-7-5-16/h2-3,8H,4-7,9H2,1H3,(H,15,17). The van der Waals surface area contributed by atoms with Crippen molar-refractivity contribution in [2.45, 2.75) is 4.90 Å². The van der Waals surface area contributed by atoms with Crippen molar-refractivity contribution in [3.8, 4) is 5.75 Å². The molecule has 1 saturated heterocycles. The van der Waals surface area contributed by atoms with Gasteiger partial charge in [-0.25, -0.2) is 8.42 Å². The number of benzene rings is 1. The van der Waals surface area contributed by atoms with Crippen molar-refractivity contribution in [3.05, 3.63) is 18.2 Å². The van der Waals surface area contributed by atoms with Crippen LogP contribution in [0, 0.1) is 0 Å². The first-order chi connectivity index (χ1) is 10.5. The first kappa shape index (κ1) is 17.0. The summed E-state index contributed by atoms with van der Waals surface area (Å²) in [6, 6.07) is 4.31. The van der Waals surface area contributed by atoms with E-state index >= 15 is 0 Å². The van der Waals surface area contributed by atoms with E-state index in [1.54, 1.807) is 0 Å². The average molecular weight is 349 g/mol. The zero-order valence-electron chi connectivity index (χ0n) is 12.0. The van der Waals surface area contributed by atoms with Crippen LogP contribution in [-0.2, 0) is 19.6 Å². The van der Waals surface area contributed by atoms with Crippen LogP contribution in [0.15, 0.2) is 23.1 Å². The first-order valence-corrected chi connectivity index (χ1v) is 8.58. The second kappa shape index (κ2) is 7.28. The summed E-state index contributed by atoms with van der Waals surface area (Å²) in [6.07, 6.45) is 0. The Labute approximate surface area is 134 Å². The van der Waals surface area contributed by atoms with Crippen molar-refractivity contribution in [2.24, 2.45) is 0 Å². The van der Waals surface area contributed by atoms with Crippen LogP contribution >= 0.6 is 11.6 Å². The van der Waals surface area contributed by atoms with Gasteiger partial charge in [-0.2, -0.15) is 4.31 Å². The van der Waals surface area contributed by atoms with Crippen LogP contribution in [0.3, 0.4) is 0 Å². The van der Waals surface area contributed by atoms with E-state index in [-0.39, 0.29) is 16.5 Å². The topological polar surface area (TPSA) is 84.9 Å². The number of nitrogens with zero attached hydrogens (tertiary/aromatic N) is 1. The second-order valence-corrected chi connectivity index (χ2v) is 6.77. The van der Waals surface area contributed by atoms with Crippen molar-refractivity contribution in [1.82, 2.24) is 4.31 Å². The largest absolute Gasteiger partial charge is 0.495 e. The average Bonchev–Trinajstić information content (AvgIpc) is 2.55. The Hall–Kier alpha value is -1.35. The van der Waals surface area contributed by atoms with Gasteiger partial charge in [-0.1, -0.05) is 0 Å². The van der Waals surface area contributed by atoms with Crippen LogP contribution in [-0.4, -0.2) is 57.9 Å². The van der Waals surface area contributed by atoms with E-state index in [0.717, 1.165) is 0 Å². The predicted molar refractivity (Wildman–Crippen MR) is 81.9 cm³/mol. The zero-order chi connectivity index (χ0) is 16.2. The number of halogens is 1. The van der Waals surface area contributed by atoms with E-state index < -0.39 is 15.9 Å². The number of carbonyl (C=O) groups is 1. The van der Waals surface area contributed by atoms with Crippen molar-refractivity contribution in [1.29, 1.82) is 0 Å². The minimum absolute atomic E-state index is 0.0834. The van der Waals surface area contributed by atoms with Crippen molar-refractivity contribution in [3.63, 3.8) is 0 Å². The lowest BCUT2D eigenvalue weighted by atomic mass is 10.3. The minimum atomic E-state index is -3.64. The first-order valence-electron chi connectivity index (χ1n) is 6.61. The third kappa shape index (κ3) is 3.70. The van der Waals surface area contributed by atoms with Gasteiger partial charge < -0.3 is 14.8 Å². The molecule has 1 fully saturated rings. The molecule has 1 aromatic carbocycles. The predicted octanol–water partition coefficient (Wildman–Crippen LogP) is 0.893. The Kier molecular flexibility index (Phi) is 5.63. The van der Waals surface area contributed by atoms with Crippen molar-refractivity contribution in [2.75, 3.05) is 44.6 Å². The number of carbonyl (C=O) groups excluding carboxylic acids is 1. The highest BCUT2D eigenvalue weighted by Crippen LogP contribution is 2.29. The van der Waals surface area contributed by atoms with Crippen LogP contribution in [0.1, 0.15) is 0 Å². The lowest BCUT2D eigenvalue weighted by molar-refractivity contribution is -0.113. The Morgan fingerprint density at radius 1 is 1.41 bits per heavy atom. The molecule has 122 valence electrons. The quantitative estimate of drug-likeness (QED) is 0.799. The number of methoxy groups -OCH3 is 1. The van der Waals surface area contributed by atoms with Crippen LogP contribution in [0.4, 0.5) is 5.69 Å². The zero-order valence-corrected chi connectivity index (χ0v) is 13.6. The highest BCUT2D eigenvalue weighted by molar-refractivity contribution is 7.89. The molecule has 1 aliphatic heterocycles. The van der Waals surface area contributed by atoms with Crippen LogP contribution in [0.2, 0.25) is 0 Å². The van der Waals surface area contributed by atoms with E-state index in [1.807, 2.05) is 0 Å². The third-order valence-electron chi connectivity index (χ3n) is 3.17. The number of amides is 1. The number of sulfonamides is 1. The Bertz CT molecular complexity index is 644. The van der Waals surface area contributed by atoms with Gasteiger partial charge in [0.25, 0.3) is 0 Å². The number of ether oxygens (including phenoxy) is 2. The molecule has 1 amide bonds. The molecule has 0 bridgehead atoms. The molecular formula is C13H17ClN2O5S. The number of hydrogen-bond donors (Lipinski definition) is 1.